The smallest absolute Gasteiger partial charge is 0.247 e. The molecule has 0 bridgehead atoms. The summed E-state index contributed by atoms with van der Waals surface area (Å²) in [5.41, 5.74) is 5.90. The van der Waals surface area contributed by atoms with E-state index in [0.29, 0.717) is 5.95 Å². The molecule has 146 valence electrons. The predicted molar refractivity (Wildman–Crippen MR) is 114 cm³/mol. The summed E-state index contributed by atoms with van der Waals surface area (Å²) in [5, 5.41) is 7.82. The van der Waals surface area contributed by atoms with Crippen molar-refractivity contribution < 1.29 is 4.74 Å². The zero-order valence-electron chi connectivity index (χ0n) is 16.2. The van der Waals surface area contributed by atoms with Crippen molar-refractivity contribution in [1.29, 1.82) is 0 Å². The van der Waals surface area contributed by atoms with Crippen LogP contribution < -0.4 is 10.2 Å². The fraction of sp³-hybridized carbons (Fsp3) is 0.227. The number of anilines is 3. The minimum absolute atomic E-state index is 0.551. The molecule has 0 spiro atoms. The van der Waals surface area contributed by atoms with Crippen LogP contribution in [0.2, 0.25) is 0 Å². The molecule has 7 heteroatoms. The van der Waals surface area contributed by atoms with Crippen LogP contribution in [0.25, 0.3) is 16.9 Å². The Morgan fingerprint density at radius 1 is 1.03 bits per heavy atom. The molecule has 5 rings (SSSR count). The van der Waals surface area contributed by atoms with Crippen molar-refractivity contribution in [1.82, 2.24) is 19.6 Å². The van der Waals surface area contributed by atoms with Crippen molar-refractivity contribution in [2.45, 2.75) is 6.92 Å². The number of aromatic nitrogens is 4. The summed E-state index contributed by atoms with van der Waals surface area (Å²) < 4.78 is 7.20. The molecule has 7 nitrogen and oxygen atoms in total. The van der Waals surface area contributed by atoms with Gasteiger partial charge in [0.1, 0.15) is 5.69 Å². The van der Waals surface area contributed by atoms with Crippen molar-refractivity contribution in [2.24, 2.45) is 0 Å². The summed E-state index contributed by atoms with van der Waals surface area (Å²) in [6.07, 6.45) is 3.57. The lowest BCUT2D eigenvalue weighted by atomic mass is 10.1. The third-order valence-corrected chi connectivity index (χ3v) is 5.05. The zero-order valence-corrected chi connectivity index (χ0v) is 16.2. The molecule has 2 aromatic heterocycles. The molecule has 0 saturated carbocycles. The monoisotopic (exact) mass is 386 g/mol. The number of morpholine rings is 1. The van der Waals surface area contributed by atoms with E-state index in [1.807, 2.05) is 18.3 Å². The third kappa shape index (κ3) is 3.64. The van der Waals surface area contributed by atoms with Gasteiger partial charge in [-0.15, -0.1) is 5.10 Å². The summed E-state index contributed by atoms with van der Waals surface area (Å²) in [6.45, 7) is 5.46. The van der Waals surface area contributed by atoms with Gasteiger partial charge in [0, 0.05) is 42.4 Å². The van der Waals surface area contributed by atoms with E-state index in [1.165, 1.54) is 11.3 Å². The van der Waals surface area contributed by atoms with Crippen LogP contribution in [0.1, 0.15) is 5.56 Å². The Hall–Kier alpha value is -3.45. The summed E-state index contributed by atoms with van der Waals surface area (Å²) >= 11 is 0. The number of rotatable bonds is 4. The number of nitrogens with one attached hydrogen (secondary N) is 1. The Morgan fingerprint density at radius 3 is 2.66 bits per heavy atom. The number of fused-ring (bicyclic) bond motifs is 1. The quantitative estimate of drug-likeness (QED) is 0.577. The summed E-state index contributed by atoms with van der Waals surface area (Å²) in [5.74, 6) is 0.551. The van der Waals surface area contributed by atoms with Gasteiger partial charge in [0.15, 0.2) is 5.65 Å². The first-order valence-electron chi connectivity index (χ1n) is 9.74. The number of benzene rings is 2. The minimum Gasteiger partial charge on any atom is -0.378 e. The first-order chi connectivity index (χ1) is 14.3. The average Bonchev–Trinajstić information content (AvgIpc) is 3.17. The predicted octanol–water partition coefficient (Wildman–Crippen LogP) is 3.68. The fourth-order valence-corrected chi connectivity index (χ4v) is 3.58. The summed E-state index contributed by atoms with van der Waals surface area (Å²) in [7, 11) is 0. The molecule has 1 N–H and O–H groups in total. The van der Waals surface area contributed by atoms with E-state index in [0.717, 1.165) is 48.9 Å². The Kier molecular flexibility index (Phi) is 4.57. The molecule has 0 unspecified atom stereocenters. The Bertz CT molecular complexity index is 1130. The molecule has 4 aromatic rings. The summed E-state index contributed by atoms with van der Waals surface area (Å²) in [6, 6.07) is 16.6. The van der Waals surface area contributed by atoms with Gasteiger partial charge in [0.05, 0.1) is 13.2 Å². The van der Waals surface area contributed by atoms with Crippen LogP contribution in [0.3, 0.4) is 0 Å². The topological polar surface area (TPSA) is 67.6 Å². The molecule has 0 amide bonds. The molecule has 29 heavy (non-hydrogen) atoms. The maximum Gasteiger partial charge on any atom is 0.247 e. The Labute approximate surface area is 169 Å². The van der Waals surface area contributed by atoms with E-state index in [2.05, 4.69) is 68.6 Å². The van der Waals surface area contributed by atoms with Gasteiger partial charge in [-0.1, -0.05) is 24.3 Å². The van der Waals surface area contributed by atoms with Crippen LogP contribution in [-0.2, 0) is 4.74 Å². The van der Waals surface area contributed by atoms with Gasteiger partial charge < -0.3 is 15.0 Å². The highest BCUT2D eigenvalue weighted by atomic mass is 16.5. The van der Waals surface area contributed by atoms with Crippen LogP contribution in [0.15, 0.2) is 60.9 Å². The van der Waals surface area contributed by atoms with Crippen molar-refractivity contribution in [3.8, 4) is 11.3 Å². The largest absolute Gasteiger partial charge is 0.378 e. The average molecular weight is 386 g/mol. The van der Waals surface area contributed by atoms with Crippen molar-refractivity contribution in [3.05, 3.63) is 66.5 Å². The standard InChI is InChI=1S/C22H22N6O/c1-16-3-2-4-18(15-16)24-22-25-21-20(23-9-10-28(21)26-22)17-5-7-19(8-6-17)27-11-13-29-14-12-27/h2-10,15H,11-14H2,1H3,(H,24,26). The van der Waals surface area contributed by atoms with Gasteiger partial charge in [-0.3, -0.25) is 4.98 Å². The Balaban J connectivity index is 1.44. The van der Waals surface area contributed by atoms with Crippen LogP contribution in [0.4, 0.5) is 17.3 Å². The second-order valence-corrected chi connectivity index (χ2v) is 7.12. The van der Waals surface area contributed by atoms with Gasteiger partial charge in [0.25, 0.3) is 0 Å². The number of hydrogen-bond acceptors (Lipinski definition) is 6. The number of ether oxygens (including phenoxy) is 1. The lowest BCUT2D eigenvalue weighted by molar-refractivity contribution is 0.122. The molecule has 1 aliphatic rings. The zero-order chi connectivity index (χ0) is 19.6. The highest BCUT2D eigenvalue weighted by Crippen LogP contribution is 2.26. The van der Waals surface area contributed by atoms with E-state index in [4.69, 9.17) is 4.74 Å². The number of hydrogen-bond donors (Lipinski definition) is 1. The molecule has 3 heterocycles. The lowest BCUT2D eigenvalue weighted by Crippen LogP contribution is -2.36. The normalized spacial score (nSPS) is 14.3. The third-order valence-electron chi connectivity index (χ3n) is 5.05. The summed E-state index contributed by atoms with van der Waals surface area (Å²) in [4.78, 5) is 11.6. The number of nitrogens with zero attached hydrogens (tertiary/aromatic N) is 5. The van der Waals surface area contributed by atoms with Gasteiger partial charge in [0.2, 0.25) is 5.95 Å². The first-order valence-corrected chi connectivity index (χ1v) is 9.74. The molecule has 0 radical (unpaired) electrons. The van der Waals surface area contributed by atoms with Crippen LogP contribution in [0.5, 0.6) is 0 Å². The minimum atomic E-state index is 0.551. The van der Waals surface area contributed by atoms with Crippen LogP contribution in [0, 0.1) is 6.92 Å². The van der Waals surface area contributed by atoms with Gasteiger partial charge in [-0.05, 0) is 36.8 Å². The maximum atomic E-state index is 5.44. The van der Waals surface area contributed by atoms with E-state index >= 15 is 0 Å². The molecular formula is C22H22N6O. The highest BCUT2D eigenvalue weighted by molar-refractivity contribution is 5.75. The molecule has 0 aliphatic carbocycles. The molecule has 1 aliphatic heterocycles. The molecular weight excluding hydrogens is 364 g/mol. The molecule has 1 saturated heterocycles. The SMILES string of the molecule is Cc1cccc(Nc2nc3c(-c4ccc(N5CCOCC5)cc4)nccn3n2)c1. The molecule has 2 aromatic carbocycles. The molecule has 0 atom stereocenters. The highest BCUT2D eigenvalue weighted by Gasteiger charge is 2.14. The van der Waals surface area contributed by atoms with Gasteiger partial charge in [-0.2, -0.15) is 4.98 Å². The van der Waals surface area contributed by atoms with Crippen LogP contribution >= 0.6 is 0 Å². The fourth-order valence-electron chi connectivity index (χ4n) is 3.58. The van der Waals surface area contributed by atoms with Gasteiger partial charge >= 0.3 is 0 Å². The van der Waals surface area contributed by atoms with Gasteiger partial charge in [-0.25, -0.2) is 4.52 Å². The number of aryl methyl sites for hydroxylation is 1. The van der Waals surface area contributed by atoms with E-state index in [-0.39, 0.29) is 0 Å². The Morgan fingerprint density at radius 2 is 1.86 bits per heavy atom. The van der Waals surface area contributed by atoms with E-state index < -0.39 is 0 Å². The maximum absolute atomic E-state index is 5.44. The van der Waals surface area contributed by atoms with Crippen LogP contribution in [-0.4, -0.2) is 45.9 Å². The van der Waals surface area contributed by atoms with Crippen molar-refractivity contribution >= 4 is 23.0 Å². The second-order valence-electron chi connectivity index (χ2n) is 7.12. The second kappa shape index (κ2) is 7.52. The van der Waals surface area contributed by atoms with Crippen molar-refractivity contribution in [2.75, 3.05) is 36.5 Å². The lowest BCUT2D eigenvalue weighted by Gasteiger charge is -2.28. The van der Waals surface area contributed by atoms with E-state index in [1.54, 1.807) is 10.7 Å². The molecule has 1 fully saturated rings. The first kappa shape index (κ1) is 17.6. The van der Waals surface area contributed by atoms with Crippen molar-refractivity contribution in [3.63, 3.8) is 0 Å². The van der Waals surface area contributed by atoms with E-state index in [9.17, 15) is 0 Å².